The molecule has 0 radical (unpaired) electrons. The Morgan fingerprint density at radius 2 is 2.00 bits per heavy atom. The highest BCUT2D eigenvalue weighted by atomic mass is 35.5. The summed E-state index contributed by atoms with van der Waals surface area (Å²) in [7, 11) is -3.78. The number of halogens is 1. The van der Waals surface area contributed by atoms with Crippen LogP contribution in [0.1, 0.15) is 11.1 Å². The average molecular weight is 322 g/mol. The first-order chi connectivity index (χ1) is 9.92. The molecule has 21 heavy (non-hydrogen) atoms. The van der Waals surface area contributed by atoms with Crippen LogP contribution in [-0.4, -0.2) is 8.42 Å². The lowest BCUT2D eigenvalue weighted by Crippen LogP contribution is -2.23. The lowest BCUT2D eigenvalue weighted by atomic mass is 10.1. The molecule has 0 fully saturated rings. The maximum atomic E-state index is 12.2. The molecule has 0 heterocycles. The van der Waals surface area contributed by atoms with Gasteiger partial charge in [0.2, 0.25) is 10.0 Å². The molecule has 5 nitrogen and oxygen atoms in total. The van der Waals surface area contributed by atoms with Crippen molar-refractivity contribution in [3.63, 3.8) is 0 Å². The number of sulfonamides is 1. The number of nitrogen functional groups attached to an aromatic ring is 1. The van der Waals surface area contributed by atoms with E-state index in [-0.39, 0.29) is 16.5 Å². The largest absolute Gasteiger partial charge is 0.399 e. The van der Waals surface area contributed by atoms with Gasteiger partial charge in [0.1, 0.15) is 4.90 Å². The highest BCUT2D eigenvalue weighted by Gasteiger charge is 2.17. The fraction of sp³-hybridized carbons (Fsp3) is 0.0714. The third-order valence-corrected chi connectivity index (χ3v) is 4.65. The molecule has 0 amide bonds. The summed E-state index contributed by atoms with van der Waals surface area (Å²) in [6.07, 6.45) is 0. The standard InChI is InChI=1S/C14H12ClN3O2S/c15-13-5-4-12(17)7-14(13)21(19,20)18-9-11-3-1-2-10(6-11)8-16/h1-7,18H,9,17H2. The molecule has 0 aliphatic heterocycles. The van der Waals surface area contributed by atoms with Gasteiger partial charge < -0.3 is 5.73 Å². The maximum absolute atomic E-state index is 12.2. The first-order valence-electron chi connectivity index (χ1n) is 5.96. The van der Waals surface area contributed by atoms with Crippen LogP contribution in [0.5, 0.6) is 0 Å². The number of nitrogens with zero attached hydrogens (tertiary/aromatic N) is 1. The molecule has 108 valence electrons. The smallest absolute Gasteiger partial charge is 0.242 e. The molecular formula is C14H12ClN3O2S. The predicted molar refractivity (Wildman–Crippen MR) is 81.0 cm³/mol. The zero-order valence-electron chi connectivity index (χ0n) is 10.9. The molecule has 0 aliphatic rings. The topological polar surface area (TPSA) is 96.0 Å². The van der Waals surface area contributed by atoms with E-state index in [1.165, 1.54) is 18.2 Å². The van der Waals surface area contributed by atoms with Crippen LogP contribution >= 0.6 is 11.6 Å². The highest BCUT2D eigenvalue weighted by Crippen LogP contribution is 2.23. The number of anilines is 1. The number of hydrogen-bond acceptors (Lipinski definition) is 4. The van der Waals surface area contributed by atoms with E-state index < -0.39 is 10.0 Å². The predicted octanol–water partition coefficient (Wildman–Crippen LogP) is 2.27. The minimum absolute atomic E-state index is 0.0585. The number of benzene rings is 2. The fourth-order valence-electron chi connectivity index (χ4n) is 1.73. The van der Waals surface area contributed by atoms with Gasteiger partial charge in [-0.3, -0.25) is 0 Å². The van der Waals surface area contributed by atoms with Crippen molar-refractivity contribution in [1.82, 2.24) is 4.72 Å². The SMILES string of the molecule is N#Cc1cccc(CNS(=O)(=O)c2cc(N)ccc2Cl)c1. The Balaban J connectivity index is 2.22. The van der Waals surface area contributed by atoms with Gasteiger partial charge in [0.05, 0.1) is 16.7 Å². The van der Waals surface area contributed by atoms with E-state index in [4.69, 9.17) is 22.6 Å². The molecule has 0 aliphatic carbocycles. The summed E-state index contributed by atoms with van der Waals surface area (Å²) < 4.78 is 26.9. The molecular weight excluding hydrogens is 310 g/mol. The summed E-state index contributed by atoms with van der Waals surface area (Å²) in [5.74, 6) is 0. The Bertz CT molecular complexity index is 813. The molecule has 0 bridgehead atoms. The molecule has 0 atom stereocenters. The quantitative estimate of drug-likeness (QED) is 0.844. The van der Waals surface area contributed by atoms with E-state index in [9.17, 15) is 8.42 Å². The Kier molecular flexibility index (Phi) is 4.48. The van der Waals surface area contributed by atoms with E-state index in [2.05, 4.69) is 4.72 Å². The van der Waals surface area contributed by atoms with E-state index in [1.54, 1.807) is 24.3 Å². The van der Waals surface area contributed by atoms with Crippen LogP contribution in [0.3, 0.4) is 0 Å². The third-order valence-electron chi connectivity index (χ3n) is 2.77. The second-order valence-corrected chi connectivity index (χ2v) is 6.47. The van der Waals surface area contributed by atoms with Crippen LogP contribution in [0, 0.1) is 11.3 Å². The molecule has 3 N–H and O–H groups in total. The fourth-order valence-corrected chi connectivity index (χ4v) is 3.28. The van der Waals surface area contributed by atoms with Crippen LogP contribution in [0.4, 0.5) is 5.69 Å². The van der Waals surface area contributed by atoms with Crippen molar-refractivity contribution < 1.29 is 8.42 Å². The summed E-state index contributed by atoms with van der Waals surface area (Å²) >= 11 is 5.89. The van der Waals surface area contributed by atoms with Crippen LogP contribution < -0.4 is 10.5 Å². The first-order valence-corrected chi connectivity index (χ1v) is 7.82. The summed E-state index contributed by atoms with van der Waals surface area (Å²) in [5.41, 5.74) is 7.04. The van der Waals surface area contributed by atoms with Crippen molar-refractivity contribution in [3.05, 3.63) is 58.6 Å². The van der Waals surface area contributed by atoms with Crippen molar-refractivity contribution >= 4 is 27.3 Å². The van der Waals surface area contributed by atoms with E-state index >= 15 is 0 Å². The Morgan fingerprint density at radius 1 is 1.24 bits per heavy atom. The van der Waals surface area contributed by atoms with Gasteiger partial charge in [0.15, 0.2) is 0 Å². The van der Waals surface area contributed by atoms with Gasteiger partial charge >= 0.3 is 0 Å². The van der Waals surface area contributed by atoms with Crippen LogP contribution in [0.15, 0.2) is 47.4 Å². The van der Waals surface area contributed by atoms with E-state index in [1.807, 2.05) is 6.07 Å². The lowest BCUT2D eigenvalue weighted by Gasteiger charge is -2.09. The molecule has 0 saturated carbocycles. The van der Waals surface area contributed by atoms with Crippen LogP contribution in [0.25, 0.3) is 0 Å². The van der Waals surface area contributed by atoms with Gasteiger partial charge in [-0.1, -0.05) is 23.7 Å². The summed E-state index contributed by atoms with van der Waals surface area (Å²) in [5, 5.41) is 8.91. The van der Waals surface area contributed by atoms with Crippen LogP contribution in [0.2, 0.25) is 5.02 Å². The van der Waals surface area contributed by atoms with Gasteiger partial charge in [-0.25, -0.2) is 13.1 Å². The summed E-state index contributed by atoms with van der Waals surface area (Å²) in [6.45, 7) is 0.0585. The van der Waals surface area contributed by atoms with Crippen molar-refractivity contribution in [3.8, 4) is 6.07 Å². The average Bonchev–Trinajstić information content (AvgIpc) is 2.48. The molecule has 0 spiro atoms. The minimum atomic E-state index is -3.78. The monoisotopic (exact) mass is 321 g/mol. The second kappa shape index (κ2) is 6.14. The third kappa shape index (κ3) is 3.73. The number of rotatable bonds is 4. The zero-order valence-corrected chi connectivity index (χ0v) is 12.4. The van der Waals surface area contributed by atoms with Gasteiger partial charge in [-0.05, 0) is 35.9 Å². The molecule has 0 unspecified atom stereocenters. The van der Waals surface area contributed by atoms with Gasteiger partial charge in [-0.15, -0.1) is 0 Å². The van der Waals surface area contributed by atoms with Gasteiger partial charge in [0, 0.05) is 12.2 Å². The normalized spacial score (nSPS) is 11.0. The van der Waals surface area contributed by atoms with Crippen molar-refractivity contribution in [2.75, 3.05) is 5.73 Å². The van der Waals surface area contributed by atoms with E-state index in [0.29, 0.717) is 16.8 Å². The number of nitrogens with one attached hydrogen (secondary N) is 1. The van der Waals surface area contributed by atoms with Gasteiger partial charge in [-0.2, -0.15) is 5.26 Å². The number of nitriles is 1. The Morgan fingerprint density at radius 3 is 2.71 bits per heavy atom. The molecule has 2 aromatic carbocycles. The Hall–Kier alpha value is -2.07. The van der Waals surface area contributed by atoms with Crippen molar-refractivity contribution in [2.45, 2.75) is 11.4 Å². The molecule has 2 aromatic rings. The van der Waals surface area contributed by atoms with Crippen molar-refractivity contribution in [2.24, 2.45) is 0 Å². The Labute approximate surface area is 128 Å². The molecule has 2 rings (SSSR count). The van der Waals surface area contributed by atoms with Gasteiger partial charge in [0.25, 0.3) is 0 Å². The highest BCUT2D eigenvalue weighted by molar-refractivity contribution is 7.89. The molecule has 0 saturated heterocycles. The van der Waals surface area contributed by atoms with Crippen molar-refractivity contribution in [1.29, 1.82) is 5.26 Å². The minimum Gasteiger partial charge on any atom is -0.399 e. The molecule has 7 heteroatoms. The second-order valence-electron chi connectivity index (χ2n) is 4.33. The molecule has 0 aromatic heterocycles. The maximum Gasteiger partial charge on any atom is 0.242 e. The number of hydrogen-bond donors (Lipinski definition) is 2. The summed E-state index contributed by atoms with van der Waals surface area (Å²) in [6, 6.07) is 12.9. The zero-order chi connectivity index (χ0) is 15.5. The first kappa shape index (κ1) is 15.3. The van der Waals surface area contributed by atoms with E-state index in [0.717, 1.165) is 0 Å². The summed E-state index contributed by atoms with van der Waals surface area (Å²) in [4.78, 5) is -0.0689. The van der Waals surface area contributed by atoms with Crippen LogP contribution in [-0.2, 0) is 16.6 Å². The number of nitrogens with two attached hydrogens (primary N) is 1. The lowest BCUT2D eigenvalue weighted by molar-refractivity contribution is 0.581.